The van der Waals surface area contributed by atoms with E-state index in [1.165, 1.54) is 0 Å². The first-order valence-corrected chi connectivity index (χ1v) is 6.49. The van der Waals surface area contributed by atoms with Gasteiger partial charge in [0, 0.05) is 24.0 Å². The van der Waals surface area contributed by atoms with Crippen LogP contribution in [0.5, 0.6) is 0 Å². The number of urea groups is 1. The van der Waals surface area contributed by atoms with Gasteiger partial charge in [-0.1, -0.05) is 19.9 Å². The Morgan fingerprint density at radius 1 is 1.50 bits per heavy atom. The lowest BCUT2D eigenvalue weighted by molar-refractivity contribution is 0.201. The fourth-order valence-corrected chi connectivity index (χ4v) is 1.99. The lowest BCUT2D eigenvalue weighted by atomic mass is 10.2. The van der Waals surface area contributed by atoms with E-state index in [-0.39, 0.29) is 6.03 Å². The number of nitrogens with one attached hydrogen (secondary N) is 1. The van der Waals surface area contributed by atoms with Crippen molar-refractivity contribution >= 4 is 17.4 Å². The minimum atomic E-state index is -0.0169. The van der Waals surface area contributed by atoms with Gasteiger partial charge in [-0.3, -0.25) is 0 Å². The number of carbonyl (C=O) groups excluding carboxylic acids is 1. The van der Waals surface area contributed by atoms with Gasteiger partial charge in [-0.2, -0.15) is 0 Å². The maximum absolute atomic E-state index is 12.2. The molecule has 0 saturated heterocycles. The summed E-state index contributed by atoms with van der Waals surface area (Å²) in [6.45, 7) is 5.06. The van der Waals surface area contributed by atoms with E-state index in [1.54, 1.807) is 6.07 Å². The first-order chi connectivity index (χ1) is 8.56. The molecule has 2 rings (SSSR count). The average molecular weight is 247 g/mol. The molecule has 1 aliphatic rings. The maximum Gasteiger partial charge on any atom is 0.322 e. The zero-order chi connectivity index (χ0) is 13.1. The van der Waals surface area contributed by atoms with E-state index in [0.29, 0.717) is 17.6 Å². The van der Waals surface area contributed by atoms with E-state index in [2.05, 4.69) is 19.2 Å². The fraction of sp³-hybridized carbons (Fsp3) is 0.500. The standard InChI is InChI=1S/C14H21N3O/c1-10(2)9-17(13-6-7-13)14(18)16-12-5-3-4-11(15)8-12/h3-5,8,10,13H,6-7,9,15H2,1-2H3,(H,16,18). The summed E-state index contributed by atoms with van der Waals surface area (Å²) in [5.74, 6) is 0.484. The van der Waals surface area contributed by atoms with Crippen molar-refractivity contribution in [2.24, 2.45) is 5.92 Å². The molecule has 2 amide bonds. The van der Waals surface area contributed by atoms with E-state index in [4.69, 9.17) is 5.73 Å². The van der Waals surface area contributed by atoms with Crippen LogP contribution in [0.4, 0.5) is 16.2 Å². The molecule has 3 N–H and O–H groups in total. The van der Waals surface area contributed by atoms with E-state index < -0.39 is 0 Å². The van der Waals surface area contributed by atoms with Crippen LogP contribution < -0.4 is 11.1 Å². The van der Waals surface area contributed by atoms with E-state index >= 15 is 0 Å². The molecule has 1 aromatic carbocycles. The predicted octanol–water partition coefficient (Wildman–Crippen LogP) is 2.92. The number of nitrogen functional groups attached to an aromatic ring is 1. The molecule has 0 bridgehead atoms. The average Bonchev–Trinajstić information content (AvgIpc) is 3.09. The molecule has 0 unspecified atom stereocenters. The molecular formula is C14H21N3O. The van der Waals surface area contributed by atoms with Gasteiger partial charge in [-0.05, 0) is 37.0 Å². The Morgan fingerprint density at radius 3 is 2.78 bits per heavy atom. The maximum atomic E-state index is 12.2. The van der Waals surface area contributed by atoms with Crippen molar-refractivity contribution in [1.29, 1.82) is 0 Å². The van der Waals surface area contributed by atoms with Gasteiger partial charge in [0.2, 0.25) is 0 Å². The molecule has 0 heterocycles. The van der Waals surface area contributed by atoms with Crippen molar-refractivity contribution in [2.75, 3.05) is 17.6 Å². The SMILES string of the molecule is CC(C)CN(C(=O)Nc1cccc(N)c1)C1CC1. The highest BCUT2D eigenvalue weighted by Gasteiger charge is 2.32. The quantitative estimate of drug-likeness (QED) is 0.804. The lowest BCUT2D eigenvalue weighted by Crippen LogP contribution is -2.39. The zero-order valence-electron chi connectivity index (χ0n) is 11.0. The van der Waals surface area contributed by atoms with Crippen LogP contribution in [-0.2, 0) is 0 Å². The molecule has 0 radical (unpaired) electrons. The van der Waals surface area contributed by atoms with Crippen LogP contribution in [0.3, 0.4) is 0 Å². The molecular weight excluding hydrogens is 226 g/mol. The van der Waals surface area contributed by atoms with Crippen LogP contribution in [0, 0.1) is 5.92 Å². The third-order valence-corrected chi connectivity index (χ3v) is 2.95. The molecule has 4 nitrogen and oxygen atoms in total. The predicted molar refractivity (Wildman–Crippen MR) is 74.4 cm³/mol. The molecule has 0 spiro atoms. The molecule has 1 saturated carbocycles. The first kappa shape index (κ1) is 12.7. The van der Waals surface area contributed by atoms with E-state index in [0.717, 1.165) is 25.1 Å². The highest BCUT2D eigenvalue weighted by Crippen LogP contribution is 2.28. The molecule has 98 valence electrons. The molecule has 0 aliphatic heterocycles. The van der Waals surface area contributed by atoms with Gasteiger partial charge in [-0.15, -0.1) is 0 Å². The zero-order valence-corrected chi connectivity index (χ0v) is 11.0. The summed E-state index contributed by atoms with van der Waals surface area (Å²) in [7, 11) is 0. The minimum Gasteiger partial charge on any atom is -0.399 e. The lowest BCUT2D eigenvalue weighted by Gasteiger charge is -2.24. The smallest absolute Gasteiger partial charge is 0.322 e. The summed E-state index contributed by atoms with van der Waals surface area (Å²) in [6.07, 6.45) is 2.24. The summed E-state index contributed by atoms with van der Waals surface area (Å²) < 4.78 is 0. The Morgan fingerprint density at radius 2 is 2.22 bits per heavy atom. The Kier molecular flexibility index (Phi) is 3.75. The van der Waals surface area contributed by atoms with Crippen LogP contribution in [0.15, 0.2) is 24.3 Å². The molecule has 0 atom stereocenters. The number of nitrogens with zero attached hydrogens (tertiary/aromatic N) is 1. The number of rotatable bonds is 4. The van der Waals surface area contributed by atoms with E-state index in [1.807, 2.05) is 23.1 Å². The van der Waals surface area contributed by atoms with Gasteiger partial charge in [0.25, 0.3) is 0 Å². The van der Waals surface area contributed by atoms with Gasteiger partial charge in [0.1, 0.15) is 0 Å². The molecule has 4 heteroatoms. The van der Waals surface area contributed by atoms with Gasteiger partial charge in [-0.25, -0.2) is 4.79 Å². The second kappa shape index (κ2) is 5.29. The van der Waals surface area contributed by atoms with Crippen LogP contribution in [0.1, 0.15) is 26.7 Å². The third-order valence-electron chi connectivity index (χ3n) is 2.95. The Labute approximate surface area is 108 Å². The summed E-state index contributed by atoms with van der Waals surface area (Å²) >= 11 is 0. The molecule has 18 heavy (non-hydrogen) atoms. The van der Waals surface area contributed by atoms with Crippen molar-refractivity contribution < 1.29 is 4.79 Å². The highest BCUT2D eigenvalue weighted by atomic mass is 16.2. The minimum absolute atomic E-state index is 0.0169. The van der Waals surface area contributed by atoms with Gasteiger partial charge >= 0.3 is 6.03 Å². The topological polar surface area (TPSA) is 58.4 Å². The Balaban J connectivity index is 2.00. The van der Waals surface area contributed by atoms with Crippen LogP contribution in [0.25, 0.3) is 0 Å². The molecule has 1 fully saturated rings. The number of hydrogen-bond donors (Lipinski definition) is 2. The van der Waals surface area contributed by atoms with Gasteiger partial charge < -0.3 is 16.0 Å². The summed E-state index contributed by atoms with van der Waals surface area (Å²) in [4.78, 5) is 14.2. The summed E-state index contributed by atoms with van der Waals surface area (Å²) in [6, 6.07) is 7.69. The second-order valence-corrected chi connectivity index (χ2v) is 5.33. The van der Waals surface area contributed by atoms with Crippen molar-refractivity contribution in [3.05, 3.63) is 24.3 Å². The van der Waals surface area contributed by atoms with Crippen LogP contribution in [0.2, 0.25) is 0 Å². The van der Waals surface area contributed by atoms with Gasteiger partial charge in [0.05, 0.1) is 0 Å². The third kappa shape index (κ3) is 3.39. The monoisotopic (exact) mass is 247 g/mol. The normalized spacial score (nSPS) is 14.6. The molecule has 1 aliphatic carbocycles. The Bertz CT molecular complexity index is 427. The first-order valence-electron chi connectivity index (χ1n) is 6.49. The number of hydrogen-bond acceptors (Lipinski definition) is 2. The number of anilines is 2. The second-order valence-electron chi connectivity index (χ2n) is 5.33. The number of carbonyl (C=O) groups is 1. The Hall–Kier alpha value is -1.71. The largest absolute Gasteiger partial charge is 0.399 e. The van der Waals surface area contributed by atoms with Crippen molar-refractivity contribution in [2.45, 2.75) is 32.7 Å². The van der Waals surface area contributed by atoms with Gasteiger partial charge in [0.15, 0.2) is 0 Å². The highest BCUT2D eigenvalue weighted by molar-refractivity contribution is 5.90. The van der Waals surface area contributed by atoms with Crippen molar-refractivity contribution in [3.8, 4) is 0 Å². The molecule has 1 aromatic rings. The van der Waals surface area contributed by atoms with Crippen LogP contribution >= 0.6 is 0 Å². The van der Waals surface area contributed by atoms with Crippen molar-refractivity contribution in [3.63, 3.8) is 0 Å². The number of nitrogens with two attached hydrogens (primary N) is 1. The van der Waals surface area contributed by atoms with Crippen molar-refractivity contribution in [1.82, 2.24) is 4.90 Å². The number of amides is 2. The number of benzene rings is 1. The van der Waals surface area contributed by atoms with Crippen LogP contribution in [-0.4, -0.2) is 23.5 Å². The summed E-state index contributed by atoms with van der Waals surface area (Å²) in [5, 5.41) is 2.92. The fourth-order valence-electron chi connectivity index (χ4n) is 1.99. The summed E-state index contributed by atoms with van der Waals surface area (Å²) in [5.41, 5.74) is 7.12. The molecule has 0 aromatic heterocycles. The van der Waals surface area contributed by atoms with E-state index in [9.17, 15) is 4.79 Å².